The first-order chi connectivity index (χ1) is 15.5. The average molecular weight is 428 g/mol. The summed E-state index contributed by atoms with van der Waals surface area (Å²) in [6, 6.07) is 17.4. The number of nitrogens with zero attached hydrogens (tertiary/aromatic N) is 3. The van der Waals surface area contributed by atoms with Crippen molar-refractivity contribution in [1.29, 1.82) is 5.26 Å². The zero-order valence-electron chi connectivity index (χ0n) is 19.0. The van der Waals surface area contributed by atoms with Crippen LogP contribution in [0.25, 0.3) is 11.1 Å². The van der Waals surface area contributed by atoms with Crippen LogP contribution in [0, 0.1) is 32.1 Å². The fraction of sp³-hybridized carbons (Fsp3) is 0.370. The molecule has 0 bridgehead atoms. The van der Waals surface area contributed by atoms with Gasteiger partial charge >= 0.3 is 0 Å². The summed E-state index contributed by atoms with van der Waals surface area (Å²) >= 11 is 0. The zero-order chi connectivity index (χ0) is 22.7. The van der Waals surface area contributed by atoms with Crippen LogP contribution in [-0.4, -0.2) is 18.0 Å². The number of anilines is 2. The second-order valence-corrected chi connectivity index (χ2v) is 8.76. The maximum absolute atomic E-state index is 10.8. The molecule has 1 aliphatic carbocycles. The smallest absolute Gasteiger partial charge is 0.141 e. The molecule has 2 aromatic carbocycles. The molecular formula is C27H29N3O2. The fourth-order valence-corrected chi connectivity index (χ4v) is 4.39. The summed E-state index contributed by atoms with van der Waals surface area (Å²) in [5.74, 6) is 0.811. The van der Waals surface area contributed by atoms with E-state index < -0.39 is 0 Å². The zero-order valence-corrected chi connectivity index (χ0v) is 19.0. The summed E-state index contributed by atoms with van der Waals surface area (Å²) in [5, 5.41) is 13.6. The molecule has 0 aliphatic heterocycles. The summed E-state index contributed by atoms with van der Waals surface area (Å²) in [6.07, 6.45) is 5.22. The molecule has 1 saturated carbocycles. The molecule has 0 spiro atoms. The van der Waals surface area contributed by atoms with Gasteiger partial charge in [0.25, 0.3) is 0 Å². The van der Waals surface area contributed by atoms with Crippen molar-refractivity contribution < 1.29 is 9.32 Å². The lowest BCUT2D eigenvalue weighted by molar-refractivity contribution is -0.107. The maximum Gasteiger partial charge on any atom is 0.141 e. The molecule has 5 nitrogen and oxygen atoms in total. The van der Waals surface area contributed by atoms with Crippen LogP contribution in [0.3, 0.4) is 0 Å². The molecule has 1 aliphatic rings. The van der Waals surface area contributed by atoms with E-state index in [-0.39, 0.29) is 5.41 Å². The van der Waals surface area contributed by atoms with Gasteiger partial charge in [0.05, 0.1) is 17.2 Å². The lowest BCUT2D eigenvalue weighted by atomic mass is 9.97. The minimum absolute atomic E-state index is 0.285. The van der Waals surface area contributed by atoms with E-state index in [1.807, 2.05) is 13.8 Å². The Morgan fingerprint density at radius 1 is 1.12 bits per heavy atom. The number of hydrogen-bond donors (Lipinski definition) is 0. The van der Waals surface area contributed by atoms with Crippen molar-refractivity contribution in [2.24, 2.45) is 0 Å². The number of rotatable bonds is 9. The number of aromatic nitrogens is 1. The van der Waals surface area contributed by atoms with E-state index in [0.29, 0.717) is 6.42 Å². The molecular weight excluding hydrogens is 398 g/mol. The second-order valence-electron chi connectivity index (χ2n) is 8.76. The van der Waals surface area contributed by atoms with E-state index in [0.717, 1.165) is 78.0 Å². The van der Waals surface area contributed by atoms with Gasteiger partial charge < -0.3 is 14.2 Å². The number of aldehydes is 1. The Morgan fingerprint density at radius 2 is 1.88 bits per heavy atom. The standard InChI is InChI=1S/C27H29N3O2/c1-19-7-8-22(26-20(2)29-32-21(26)3)17-25(19)30(15-5-4-6-16-31)24-11-9-23(10-12-24)27(18-28)13-14-27/h7-12,16-17H,4-6,13-15H2,1-3H3. The third-order valence-electron chi connectivity index (χ3n) is 6.47. The lowest BCUT2D eigenvalue weighted by Crippen LogP contribution is -2.20. The first kappa shape index (κ1) is 21.8. The summed E-state index contributed by atoms with van der Waals surface area (Å²) in [7, 11) is 0. The molecule has 0 amide bonds. The number of nitriles is 1. The van der Waals surface area contributed by atoms with Crippen molar-refractivity contribution in [3.05, 3.63) is 65.0 Å². The van der Waals surface area contributed by atoms with E-state index >= 15 is 0 Å². The van der Waals surface area contributed by atoms with Crippen LogP contribution >= 0.6 is 0 Å². The van der Waals surface area contributed by atoms with E-state index in [9.17, 15) is 10.1 Å². The van der Waals surface area contributed by atoms with Crippen LogP contribution in [0.15, 0.2) is 47.0 Å². The summed E-state index contributed by atoms with van der Waals surface area (Å²) < 4.78 is 5.40. The largest absolute Gasteiger partial charge is 0.361 e. The van der Waals surface area contributed by atoms with E-state index in [4.69, 9.17) is 4.52 Å². The van der Waals surface area contributed by atoms with Crippen LogP contribution in [0.1, 0.15) is 54.7 Å². The highest BCUT2D eigenvalue weighted by Gasteiger charge is 2.44. The number of aryl methyl sites for hydroxylation is 3. The summed E-state index contributed by atoms with van der Waals surface area (Å²) in [5.41, 5.74) is 7.21. The quantitative estimate of drug-likeness (QED) is 0.295. The monoisotopic (exact) mass is 427 g/mol. The minimum Gasteiger partial charge on any atom is -0.361 e. The van der Waals surface area contributed by atoms with Crippen molar-refractivity contribution in [2.45, 2.75) is 58.3 Å². The third kappa shape index (κ3) is 4.18. The van der Waals surface area contributed by atoms with Crippen LogP contribution in [0.5, 0.6) is 0 Å². The highest BCUT2D eigenvalue weighted by molar-refractivity contribution is 5.76. The van der Waals surface area contributed by atoms with E-state index in [1.54, 1.807) is 0 Å². The van der Waals surface area contributed by atoms with Gasteiger partial charge in [-0.25, -0.2) is 0 Å². The van der Waals surface area contributed by atoms with Gasteiger partial charge in [-0.15, -0.1) is 0 Å². The molecule has 0 unspecified atom stereocenters. The molecule has 32 heavy (non-hydrogen) atoms. The number of benzene rings is 2. The molecule has 1 aromatic heterocycles. The summed E-state index contributed by atoms with van der Waals surface area (Å²) in [4.78, 5) is 13.1. The van der Waals surface area contributed by atoms with Gasteiger partial charge in [-0.2, -0.15) is 5.26 Å². The summed E-state index contributed by atoms with van der Waals surface area (Å²) in [6.45, 7) is 6.83. The first-order valence-corrected chi connectivity index (χ1v) is 11.3. The molecule has 4 rings (SSSR count). The van der Waals surface area contributed by atoms with Gasteiger partial charge in [-0.05, 0) is 81.3 Å². The van der Waals surface area contributed by atoms with E-state index in [2.05, 4.69) is 65.5 Å². The Hall–Kier alpha value is -3.39. The molecule has 0 atom stereocenters. The molecule has 0 radical (unpaired) electrons. The molecule has 5 heteroatoms. The highest BCUT2D eigenvalue weighted by atomic mass is 16.5. The van der Waals surface area contributed by atoms with Crippen LogP contribution < -0.4 is 4.90 Å². The van der Waals surface area contributed by atoms with Gasteiger partial charge in [0, 0.05) is 29.9 Å². The lowest BCUT2D eigenvalue weighted by Gasteiger charge is -2.28. The van der Waals surface area contributed by atoms with Gasteiger partial charge in [0.1, 0.15) is 12.0 Å². The van der Waals surface area contributed by atoms with Crippen molar-refractivity contribution in [3.8, 4) is 17.2 Å². The molecule has 0 saturated heterocycles. The third-order valence-corrected chi connectivity index (χ3v) is 6.47. The molecule has 3 aromatic rings. The number of hydrogen-bond acceptors (Lipinski definition) is 5. The van der Waals surface area contributed by atoms with Crippen LogP contribution in [-0.2, 0) is 10.2 Å². The van der Waals surface area contributed by atoms with Crippen molar-refractivity contribution >= 4 is 17.7 Å². The minimum atomic E-state index is -0.285. The van der Waals surface area contributed by atoms with Crippen molar-refractivity contribution in [2.75, 3.05) is 11.4 Å². The molecule has 1 heterocycles. The Balaban J connectivity index is 1.71. The second kappa shape index (κ2) is 9.00. The van der Waals surface area contributed by atoms with Gasteiger partial charge in [-0.3, -0.25) is 0 Å². The topological polar surface area (TPSA) is 70.1 Å². The predicted molar refractivity (Wildman–Crippen MR) is 126 cm³/mol. The normalized spacial score (nSPS) is 14.1. The average Bonchev–Trinajstić information content (AvgIpc) is 3.54. The van der Waals surface area contributed by atoms with Crippen LogP contribution in [0.4, 0.5) is 11.4 Å². The predicted octanol–water partition coefficient (Wildman–Crippen LogP) is 6.33. The highest BCUT2D eigenvalue weighted by Crippen LogP contribution is 2.48. The Kier molecular flexibility index (Phi) is 6.14. The number of carbonyl (C=O) groups excluding carboxylic acids is 1. The van der Waals surface area contributed by atoms with Gasteiger partial charge in [0.15, 0.2) is 0 Å². The van der Waals surface area contributed by atoms with Crippen LogP contribution in [0.2, 0.25) is 0 Å². The van der Waals surface area contributed by atoms with Crippen molar-refractivity contribution in [3.63, 3.8) is 0 Å². The van der Waals surface area contributed by atoms with Crippen molar-refractivity contribution in [1.82, 2.24) is 5.16 Å². The maximum atomic E-state index is 10.8. The SMILES string of the molecule is Cc1ccc(-c2c(C)noc2C)cc1N(CCCCC=O)c1ccc(C2(C#N)CC2)cc1. The Morgan fingerprint density at radius 3 is 2.47 bits per heavy atom. The number of unbranched alkanes of at least 4 members (excludes halogenated alkanes) is 2. The molecule has 1 fully saturated rings. The number of carbonyl (C=O) groups is 1. The molecule has 164 valence electrons. The fourth-order valence-electron chi connectivity index (χ4n) is 4.39. The van der Waals surface area contributed by atoms with E-state index in [1.165, 1.54) is 5.56 Å². The molecule has 0 N–H and O–H groups in total. The van der Waals surface area contributed by atoms with Gasteiger partial charge in [0.2, 0.25) is 0 Å². The Labute approximate surface area is 189 Å². The first-order valence-electron chi connectivity index (χ1n) is 11.3. The Bertz CT molecular complexity index is 1130. The van der Waals surface area contributed by atoms with Gasteiger partial charge in [-0.1, -0.05) is 29.4 Å².